The fourth-order valence-electron chi connectivity index (χ4n) is 1.93. The molecule has 21 heavy (non-hydrogen) atoms. The average Bonchev–Trinajstić information content (AvgIpc) is 2.98. The Morgan fingerprint density at radius 3 is 2.81 bits per heavy atom. The molecule has 112 valence electrons. The normalized spacial score (nSPS) is 11.3. The summed E-state index contributed by atoms with van der Waals surface area (Å²) in [5.41, 5.74) is -0.849. The highest BCUT2D eigenvalue weighted by atomic mass is 16.4. The maximum Gasteiger partial charge on any atom is 0.305 e. The Morgan fingerprint density at radius 1 is 1.43 bits per heavy atom. The minimum absolute atomic E-state index is 0.149. The molecule has 0 aliphatic heterocycles. The van der Waals surface area contributed by atoms with Gasteiger partial charge in [0.05, 0.1) is 13.0 Å². The van der Waals surface area contributed by atoms with Crippen molar-refractivity contribution >= 4 is 11.9 Å². The number of carboxylic acid groups (broad SMARTS) is 1. The molecule has 0 unspecified atom stereocenters. The summed E-state index contributed by atoms with van der Waals surface area (Å²) in [6.07, 6.45) is 3.28. The summed E-state index contributed by atoms with van der Waals surface area (Å²) in [4.78, 5) is 22.8. The Morgan fingerprint density at radius 2 is 2.19 bits per heavy atom. The molecule has 0 atom stereocenters. The van der Waals surface area contributed by atoms with Gasteiger partial charge < -0.3 is 14.8 Å². The van der Waals surface area contributed by atoms with Crippen molar-refractivity contribution in [1.29, 1.82) is 0 Å². The number of amides is 1. The standard InChI is InChI=1S/C14H17N3O4/c1-14(2,8-12(18)19)16-13(20)11-5-4-10(21-11)9-17-7-3-6-15-17/h3-7H,8-9H2,1-2H3,(H,16,20)(H,18,19). The Labute approximate surface area is 121 Å². The van der Waals surface area contributed by atoms with Crippen molar-refractivity contribution < 1.29 is 19.1 Å². The summed E-state index contributed by atoms with van der Waals surface area (Å²) >= 11 is 0. The molecule has 1 amide bonds. The molecule has 7 nitrogen and oxygen atoms in total. The van der Waals surface area contributed by atoms with Crippen molar-refractivity contribution in [3.8, 4) is 0 Å². The van der Waals surface area contributed by atoms with Gasteiger partial charge in [-0.1, -0.05) is 0 Å². The molecule has 2 N–H and O–H groups in total. The zero-order chi connectivity index (χ0) is 15.5. The van der Waals surface area contributed by atoms with Gasteiger partial charge in [0, 0.05) is 17.9 Å². The summed E-state index contributed by atoms with van der Waals surface area (Å²) in [7, 11) is 0. The van der Waals surface area contributed by atoms with E-state index in [1.807, 2.05) is 0 Å². The Kier molecular flexibility index (Phi) is 4.11. The quantitative estimate of drug-likeness (QED) is 0.840. The number of rotatable bonds is 6. The minimum Gasteiger partial charge on any atom is -0.481 e. The van der Waals surface area contributed by atoms with Gasteiger partial charge in [0.1, 0.15) is 5.76 Å². The molecule has 0 bridgehead atoms. The number of hydrogen-bond acceptors (Lipinski definition) is 4. The highest BCUT2D eigenvalue weighted by molar-refractivity contribution is 5.92. The van der Waals surface area contributed by atoms with Gasteiger partial charge in [0.25, 0.3) is 5.91 Å². The second kappa shape index (κ2) is 5.82. The molecule has 0 saturated heterocycles. The van der Waals surface area contributed by atoms with Gasteiger partial charge in [-0.15, -0.1) is 0 Å². The molecule has 2 heterocycles. The van der Waals surface area contributed by atoms with Crippen LogP contribution in [-0.2, 0) is 11.3 Å². The second-order valence-electron chi connectivity index (χ2n) is 5.38. The van der Waals surface area contributed by atoms with Crippen LogP contribution in [0.15, 0.2) is 35.0 Å². The van der Waals surface area contributed by atoms with Gasteiger partial charge in [-0.25, -0.2) is 0 Å². The number of hydrogen-bond donors (Lipinski definition) is 2. The van der Waals surface area contributed by atoms with Crippen LogP contribution in [-0.4, -0.2) is 32.3 Å². The maximum atomic E-state index is 12.0. The minimum atomic E-state index is -0.973. The summed E-state index contributed by atoms with van der Waals surface area (Å²) in [6.45, 7) is 3.72. The molecule has 2 aromatic heterocycles. The first-order chi connectivity index (χ1) is 9.85. The lowest BCUT2D eigenvalue weighted by Gasteiger charge is -2.23. The van der Waals surface area contributed by atoms with Crippen LogP contribution >= 0.6 is 0 Å². The van der Waals surface area contributed by atoms with Crippen LogP contribution in [0.1, 0.15) is 36.6 Å². The third-order valence-electron chi connectivity index (χ3n) is 2.81. The van der Waals surface area contributed by atoms with E-state index < -0.39 is 17.4 Å². The molecular formula is C14H17N3O4. The van der Waals surface area contributed by atoms with Crippen molar-refractivity contribution in [3.63, 3.8) is 0 Å². The van der Waals surface area contributed by atoms with Crippen LogP contribution in [0.5, 0.6) is 0 Å². The van der Waals surface area contributed by atoms with Crippen LogP contribution in [0.3, 0.4) is 0 Å². The Bertz CT molecular complexity index is 628. The van der Waals surface area contributed by atoms with E-state index in [9.17, 15) is 9.59 Å². The first-order valence-corrected chi connectivity index (χ1v) is 6.46. The number of furan rings is 1. The number of carboxylic acids is 1. The predicted molar refractivity (Wildman–Crippen MR) is 73.8 cm³/mol. The van der Waals surface area contributed by atoms with Crippen molar-refractivity contribution in [2.75, 3.05) is 0 Å². The fourth-order valence-corrected chi connectivity index (χ4v) is 1.93. The van der Waals surface area contributed by atoms with E-state index >= 15 is 0 Å². The topological polar surface area (TPSA) is 97.4 Å². The molecule has 0 aromatic carbocycles. The van der Waals surface area contributed by atoms with E-state index in [1.165, 1.54) is 0 Å². The molecule has 0 spiro atoms. The fraction of sp³-hybridized carbons (Fsp3) is 0.357. The molecular weight excluding hydrogens is 274 g/mol. The monoisotopic (exact) mass is 291 g/mol. The number of aliphatic carboxylic acids is 1. The lowest BCUT2D eigenvalue weighted by molar-refractivity contribution is -0.138. The highest BCUT2D eigenvalue weighted by Gasteiger charge is 2.25. The molecule has 0 aliphatic carbocycles. The van der Waals surface area contributed by atoms with Crippen LogP contribution in [0.2, 0.25) is 0 Å². The van der Waals surface area contributed by atoms with Gasteiger partial charge in [0.2, 0.25) is 0 Å². The molecule has 2 rings (SSSR count). The molecule has 2 aromatic rings. The van der Waals surface area contributed by atoms with Gasteiger partial charge in [-0.3, -0.25) is 14.3 Å². The summed E-state index contributed by atoms with van der Waals surface area (Å²) in [6, 6.07) is 5.05. The third-order valence-corrected chi connectivity index (χ3v) is 2.81. The highest BCUT2D eigenvalue weighted by Crippen LogP contribution is 2.13. The van der Waals surface area contributed by atoms with Gasteiger partial charge in [-0.05, 0) is 32.0 Å². The number of aromatic nitrogens is 2. The number of carbonyl (C=O) groups excluding carboxylic acids is 1. The average molecular weight is 291 g/mol. The van der Waals surface area contributed by atoms with E-state index in [0.29, 0.717) is 12.3 Å². The zero-order valence-corrected chi connectivity index (χ0v) is 11.9. The van der Waals surface area contributed by atoms with Crippen LogP contribution in [0.4, 0.5) is 0 Å². The first-order valence-electron chi connectivity index (χ1n) is 6.46. The third kappa shape index (κ3) is 4.20. The van der Waals surface area contributed by atoms with Gasteiger partial charge in [0.15, 0.2) is 5.76 Å². The van der Waals surface area contributed by atoms with Crippen LogP contribution in [0.25, 0.3) is 0 Å². The molecule has 0 saturated carbocycles. The molecule has 7 heteroatoms. The zero-order valence-electron chi connectivity index (χ0n) is 11.9. The first kappa shape index (κ1) is 14.8. The summed E-state index contributed by atoms with van der Waals surface area (Å²) in [5.74, 6) is -0.664. The lowest BCUT2D eigenvalue weighted by Crippen LogP contribution is -2.44. The number of nitrogens with zero attached hydrogens (tertiary/aromatic N) is 2. The van der Waals surface area contributed by atoms with E-state index in [1.54, 1.807) is 49.1 Å². The lowest BCUT2D eigenvalue weighted by atomic mass is 10.0. The number of carbonyl (C=O) groups is 2. The van der Waals surface area contributed by atoms with E-state index in [4.69, 9.17) is 9.52 Å². The van der Waals surface area contributed by atoms with Crippen molar-refractivity contribution in [3.05, 3.63) is 42.1 Å². The van der Waals surface area contributed by atoms with Gasteiger partial charge >= 0.3 is 5.97 Å². The Hall–Kier alpha value is -2.57. The van der Waals surface area contributed by atoms with Crippen molar-refractivity contribution in [1.82, 2.24) is 15.1 Å². The van der Waals surface area contributed by atoms with Crippen molar-refractivity contribution in [2.24, 2.45) is 0 Å². The summed E-state index contributed by atoms with van der Waals surface area (Å²) in [5, 5.41) is 15.5. The smallest absolute Gasteiger partial charge is 0.305 e. The van der Waals surface area contributed by atoms with Crippen molar-refractivity contribution in [2.45, 2.75) is 32.4 Å². The molecule has 0 aliphatic rings. The maximum absolute atomic E-state index is 12.0. The largest absolute Gasteiger partial charge is 0.481 e. The number of nitrogens with one attached hydrogen (secondary N) is 1. The van der Waals surface area contributed by atoms with Crippen LogP contribution < -0.4 is 5.32 Å². The van der Waals surface area contributed by atoms with Crippen LogP contribution in [0, 0.1) is 0 Å². The van der Waals surface area contributed by atoms with E-state index in [-0.39, 0.29) is 12.2 Å². The predicted octanol–water partition coefficient (Wildman–Crippen LogP) is 1.51. The second-order valence-corrected chi connectivity index (χ2v) is 5.38. The molecule has 0 fully saturated rings. The van der Waals surface area contributed by atoms with Gasteiger partial charge in [-0.2, -0.15) is 5.10 Å². The van der Waals surface area contributed by atoms with E-state index in [2.05, 4.69) is 10.4 Å². The summed E-state index contributed by atoms with van der Waals surface area (Å²) < 4.78 is 7.12. The Balaban J connectivity index is 2.00. The van der Waals surface area contributed by atoms with E-state index in [0.717, 1.165) is 0 Å². The molecule has 0 radical (unpaired) electrons. The SMILES string of the molecule is CC(C)(CC(=O)O)NC(=O)c1ccc(Cn2cccn2)o1.